The lowest BCUT2D eigenvalue weighted by molar-refractivity contribution is -0.113. The minimum atomic E-state index is -0.229. The summed E-state index contributed by atoms with van der Waals surface area (Å²) < 4.78 is 13.9. The molecular formula is C19H17FN4OS. The van der Waals surface area contributed by atoms with Gasteiger partial charge in [-0.2, -0.15) is 4.99 Å². The van der Waals surface area contributed by atoms with Crippen LogP contribution < -0.4 is 4.90 Å². The lowest BCUT2D eigenvalue weighted by atomic mass is 10.2. The molecule has 0 aliphatic carbocycles. The monoisotopic (exact) mass is 368 g/mol. The van der Waals surface area contributed by atoms with Gasteiger partial charge in [0, 0.05) is 32.4 Å². The molecule has 3 heterocycles. The molecule has 2 aliphatic rings. The number of anilines is 1. The molecule has 7 heteroatoms. The van der Waals surface area contributed by atoms with Gasteiger partial charge in [0.15, 0.2) is 5.17 Å². The molecule has 0 radical (unpaired) electrons. The average Bonchev–Trinajstić information content (AvgIpc) is 3.04. The van der Waals surface area contributed by atoms with Crippen molar-refractivity contribution in [3.63, 3.8) is 0 Å². The fourth-order valence-corrected chi connectivity index (χ4v) is 3.93. The second-order valence-electron chi connectivity index (χ2n) is 5.99. The third kappa shape index (κ3) is 3.48. The highest BCUT2D eigenvalue weighted by atomic mass is 32.2. The Morgan fingerprint density at radius 1 is 1.00 bits per heavy atom. The molecule has 1 fully saturated rings. The van der Waals surface area contributed by atoms with Crippen LogP contribution in [0.25, 0.3) is 6.08 Å². The molecule has 2 aliphatic heterocycles. The van der Waals surface area contributed by atoms with E-state index in [1.54, 1.807) is 24.4 Å². The summed E-state index contributed by atoms with van der Waals surface area (Å²) in [4.78, 5) is 25.3. The smallest absolute Gasteiger partial charge is 0.286 e. The van der Waals surface area contributed by atoms with E-state index < -0.39 is 0 Å². The Morgan fingerprint density at radius 3 is 2.46 bits per heavy atom. The number of carbonyl (C=O) groups excluding carboxylic acids is 1. The van der Waals surface area contributed by atoms with Crippen molar-refractivity contribution in [1.82, 2.24) is 9.88 Å². The van der Waals surface area contributed by atoms with Gasteiger partial charge in [0.1, 0.15) is 5.82 Å². The minimum Gasteiger partial charge on any atom is -0.366 e. The second kappa shape index (κ2) is 7.29. The summed E-state index contributed by atoms with van der Waals surface area (Å²) in [6.45, 7) is 2.77. The van der Waals surface area contributed by atoms with Gasteiger partial charge >= 0.3 is 0 Å². The topological polar surface area (TPSA) is 48.8 Å². The fraction of sp³-hybridized carbons (Fsp3) is 0.211. The first-order valence-corrected chi connectivity index (χ1v) is 9.20. The molecule has 0 bridgehead atoms. The van der Waals surface area contributed by atoms with E-state index in [9.17, 15) is 9.18 Å². The molecular weight excluding hydrogens is 351 g/mol. The molecule has 132 valence electrons. The van der Waals surface area contributed by atoms with Crippen LogP contribution in [0.5, 0.6) is 0 Å². The lowest BCUT2D eigenvalue weighted by Gasteiger charge is -2.36. The summed E-state index contributed by atoms with van der Waals surface area (Å²) in [6.07, 6.45) is 3.46. The highest BCUT2D eigenvalue weighted by Crippen LogP contribution is 2.31. The van der Waals surface area contributed by atoms with Gasteiger partial charge in [0.05, 0.1) is 16.3 Å². The number of piperazine rings is 1. The number of amidine groups is 1. The predicted molar refractivity (Wildman–Crippen MR) is 102 cm³/mol. The van der Waals surface area contributed by atoms with Gasteiger partial charge in [-0.1, -0.05) is 18.2 Å². The molecule has 0 N–H and O–H groups in total. The molecule has 0 atom stereocenters. The van der Waals surface area contributed by atoms with E-state index >= 15 is 0 Å². The van der Waals surface area contributed by atoms with E-state index in [4.69, 9.17) is 0 Å². The van der Waals surface area contributed by atoms with Crippen molar-refractivity contribution in [2.45, 2.75) is 0 Å². The molecule has 26 heavy (non-hydrogen) atoms. The Hall–Kier alpha value is -2.67. The van der Waals surface area contributed by atoms with Gasteiger partial charge in [-0.15, -0.1) is 0 Å². The lowest BCUT2D eigenvalue weighted by Crippen LogP contribution is -2.48. The molecule has 0 saturated carbocycles. The largest absolute Gasteiger partial charge is 0.366 e. The molecule has 1 aromatic heterocycles. The molecule has 2 aromatic rings. The van der Waals surface area contributed by atoms with Gasteiger partial charge in [0.25, 0.3) is 5.91 Å². The zero-order valence-electron chi connectivity index (χ0n) is 14.0. The van der Waals surface area contributed by atoms with Crippen LogP contribution in [0.4, 0.5) is 10.1 Å². The summed E-state index contributed by atoms with van der Waals surface area (Å²) in [5.74, 6) is -0.434. The number of aromatic nitrogens is 1. The van der Waals surface area contributed by atoms with Crippen molar-refractivity contribution in [3.8, 4) is 0 Å². The third-order valence-corrected chi connectivity index (χ3v) is 5.36. The quantitative estimate of drug-likeness (QED) is 0.763. The Labute approximate surface area is 155 Å². The van der Waals surface area contributed by atoms with Crippen molar-refractivity contribution in [1.29, 1.82) is 0 Å². The first kappa shape index (κ1) is 16.8. The molecule has 4 rings (SSSR count). The van der Waals surface area contributed by atoms with Crippen LogP contribution >= 0.6 is 11.8 Å². The SMILES string of the molecule is O=C1N=C(N2CCN(c3ccccc3F)CC2)SC1=Cc1ccccn1. The standard InChI is InChI=1S/C19H17FN4OS/c20-15-6-1-2-7-16(15)23-9-11-24(12-10-23)19-22-18(25)17(26-19)13-14-5-3-4-8-21-14/h1-8,13H,9-12H2. The van der Waals surface area contributed by atoms with Crippen LogP contribution in [-0.2, 0) is 4.79 Å². The summed E-state index contributed by atoms with van der Waals surface area (Å²) in [5.41, 5.74) is 1.36. The van der Waals surface area contributed by atoms with Crippen molar-refractivity contribution < 1.29 is 9.18 Å². The van der Waals surface area contributed by atoms with Crippen molar-refractivity contribution in [2.75, 3.05) is 31.1 Å². The third-order valence-electron chi connectivity index (χ3n) is 4.32. The Kier molecular flexibility index (Phi) is 4.71. The van der Waals surface area contributed by atoms with Crippen molar-refractivity contribution >= 4 is 34.6 Å². The number of nitrogens with zero attached hydrogens (tertiary/aromatic N) is 4. The van der Waals surface area contributed by atoms with Gasteiger partial charge in [-0.3, -0.25) is 9.78 Å². The van der Waals surface area contributed by atoms with E-state index in [0.29, 0.717) is 41.9 Å². The normalized spacial score (nSPS) is 19.2. The Bertz CT molecular complexity index is 876. The first-order valence-electron chi connectivity index (χ1n) is 8.39. The number of pyridine rings is 1. The van der Waals surface area contributed by atoms with Crippen molar-refractivity contribution in [3.05, 3.63) is 65.1 Å². The minimum absolute atomic E-state index is 0.204. The number of hydrogen-bond acceptors (Lipinski definition) is 5. The highest BCUT2D eigenvalue weighted by molar-refractivity contribution is 8.18. The van der Waals surface area contributed by atoms with Crippen LogP contribution in [0.1, 0.15) is 5.69 Å². The number of amides is 1. The molecule has 0 spiro atoms. The van der Waals surface area contributed by atoms with Crippen LogP contribution in [0, 0.1) is 5.82 Å². The number of para-hydroxylation sites is 1. The van der Waals surface area contributed by atoms with E-state index in [1.807, 2.05) is 29.2 Å². The maximum absolute atomic E-state index is 13.9. The summed E-state index contributed by atoms with van der Waals surface area (Å²) >= 11 is 1.38. The maximum atomic E-state index is 13.9. The number of rotatable bonds is 2. The number of carbonyl (C=O) groups is 1. The van der Waals surface area contributed by atoms with Crippen LogP contribution in [0.3, 0.4) is 0 Å². The highest BCUT2D eigenvalue weighted by Gasteiger charge is 2.29. The molecule has 1 amide bonds. The summed E-state index contributed by atoms with van der Waals surface area (Å²) in [5, 5.41) is 0.713. The van der Waals surface area contributed by atoms with Gasteiger partial charge < -0.3 is 9.80 Å². The van der Waals surface area contributed by atoms with Crippen molar-refractivity contribution in [2.24, 2.45) is 4.99 Å². The van der Waals surface area contributed by atoms with Gasteiger partial charge in [0.2, 0.25) is 0 Å². The average molecular weight is 368 g/mol. The molecule has 1 aromatic carbocycles. The summed E-state index contributed by atoms with van der Waals surface area (Å²) in [6, 6.07) is 12.4. The van der Waals surface area contributed by atoms with Crippen LogP contribution in [0.15, 0.2) is 58.6 Å². The first-order chi connectivity index (χ1) is 12.7. The predicted octanol–water partition coefficient (Wildman–Crippen LogP) is 3.01. The van der Waals surface area contributed by atoms with Gasteiger partial charge in [-0.05, 0) is 42.1 Å². The van der Waals surface area contributed by atoms with Gasteiger partial charge in [-0.25, -0.2) is 4.39 Å². The number of aliphatic imine (C=N–C) groups is 1. The van der Waals surface area contributed by atoms with E-state index in [0.717, 1.165) is 5.69 Å². The van der Waals surface area contributed by atoms with E-state index in [-0.39, 0.29) is 11.7 Å². The molecule has 0 unspecified atom stereocenters. The number of benzene rings is 1. The Balaban J connectivity index is 1.41. The van der Waals surface area contributed by atoms with E-state index in [2.05, 4.69) is 14.9 Å². The molecule has 1 saturated heterocycles. The Morgan fingerprint density at radius 2 is 1.73 bits per heavy atom. The zero-order valence-corrected chi connectivity index (χ0v) is 14.8. The number of hydrogen-bond donors (Lipinski definition) is 0. The maximum Gasteiger partial charge on any atom is 0.286 e. The fourth-order valence-electron chi connectivity index (χ4n) is 2.98. The number of halogens is 1. The van der Waals surface area contributed by atoms with Crippen LogP contribution in [-0.4, -0.2) is 47.1 Å². The summed E-state index contributed by atoms with van der Waals surface area (Å²) in [7, 11) is 0. The zero-order chi connectivity index (χ0) is 17.9. The molecule has 5 nitrogen and oxygen atoms in total. The number of thioether (sulfide) groups is 1. The van der Waals surface area contributed by atoms with E-state index in [1.165, 1.54) is 17.8 Å². The second-order valence-corrected chi connectivity index (χ2v) is 7.00. The van der Waals surface area contributed by atoms with Crippen LogP contribution in [0.2, 0.25) is 0 Å².